The fourth-order valence-corrected chi connectivity index (χ4v) is 25.2. The van der Waals surface area contributed by atoms with Gasteiger partial charge in [-0.15, -0.1) is 0 Å². The highest BCUT2D eigenvalue weighted by Gasteiger charge is 2.46. The zero-order valence-corrected chi connectivity index (χ0v) is 74.2. The summed E-state index contributed by atoms with van der Waals surface area (Å²) in [5.41, 5.74) is 0.236. The molecule has 0 saturated carbocycles. The van der Waals surface area contributed by atoms with E-state index in [0.717, 1.165) is 24.2 Å². The van der Waals surface area contributed by atoms with E-state index in [1.54, 1.807) is 0 Å². The molecule has 8 aromatic rings. The highest BCUT2D eigenvalue weighted by atomic mass is 28.3. The molecule has 0 spiro atoms. The van der Waals surface area contributed by atoms with Crippen molar-refractivity contribution in [2.75, 3.05) is 0 Å². The first kappa shape index (κ1) is 97.4. The Morgan fingerprint density at radius 3 is 0.406 bits per heavy atom. The third-order valence-electron chi connectivity index (χ3n) is 21.7. The van der Waals surface area contributed by atoms with Crippen LogP contribution in [0.5, 0.6) is 0 Å². The molecule has 128 heavy (non-hydrogen) atoms. The summed E-state index contributed by atoms with van der Waals surface area (Å²) in [6.07, 6.45) is -3.03. The zero-order valence-electron chi connectivity index (χ0n) is 70.2. The summed E-state index contributed by atoms with van der Waals surface area (Å²) in [6.45, 7) is 17.3. The lowest BCUT2D eigenvalue weighted by atomic mass is 10.1. The first-order valence-electron chi connectivity index (χ1n) is 39.9. The number of hydrogen-bond acceptors (Lipinski definition) is 32. The highest BCUT2D eigenvalue weighted by Crippen LogP contribution is 2.39. The second-order valence-corrected chi connectivity index (χ2v) is 54.6. The number of ether oxygens (including phenoxy) is 8. The van der Waals surface area contributed by atoms with Crippen LogP contribution in [0, 0.1) is 80.9 Å². The predicted octanol–water partition coefficient (Wildman–Crippen LogP) is 17.5. The number of nitro groups is 8. The molecule has 0 bridgehead atoms. The van der Waals surface area contributed by atoms with Crippen LogP contribution in [0.4, 0.5) is 45.5 Å². The summed E-state index contributed by atoms with van der Waals surface area (Å²) in [7, 11) is -6.68. The molecule has 44 heteroatoms. The van der Waals surface area contributed by atoms with Crippen molar-refractivity contribution in [1.29, 1.82) is 0 Å². The van der Waals surface area contributed by atoms with Crippen LogP contribution >= 0.6 is 0 Å². The number of nitro benzene ring substituents is 8. The molecule has 4 fully saturated rings. The van der Waals surface area contributed by atoms with E-state index < -0.39 is 168 Å². The van der Waals surface area contributed by atoms with Gasteiger partial charge in [-0.05, 0) is 147 Å². The molecule has 12 rings (SSSR count). The van der Waals surface area contributed by atoms with E-state index >= 15 is 0 Å². The second-order valence-electron chi connectivity index (χ2n) is 33.6. The minimum absolute atomic E-state index is 0.136. The monoisotopic (exact) mass is 1830 g/mol. The molecule has 8 atom stereocenters. The first-order chi connectivity index (χ1) is 60.2. The fraction of sp³-hybridized carbons (Fsp3) is 0.333. The van der Waals surface area contributed by atoms with Gasteiger partial charge in [0, 0.05) is 97.1 Å². The molecule has 0 radical (unpaired) electrons. The fourth-order valence-electron chi connectivity index (χ4n) is 14.4. The van der Waals surface area contributed by atoms with E-state index in [-0.39, 0.29) is 90.0 Å². The van der Waals surface area contributed by atoms with Gasteiger partial charge < -0.3 is 37.9 Å². The van der Waals surface area contributed by atoms with E-state index in [1.807, 2.05) is 0 Å². The quantitative estimate of drug-likeness (QED) is 0.0178. The van der Waals surface area contributed by atoms with Gasteiger partial charge in [-0.3, -0.25) is 80.9 Å². The molecule has 40 nitrogen and oxygen atoms in total. The average molecular weight is 1830 g/mol. The number of carbonyl (C=O) groups is 8. The number of hydrogen-bond donors (Lipinski definition) is 0. The van der Waals surface area contributed by atoms with Gasteiger partial charge in [0.1, 0.15) is 48.8 Å². The normalized spacial score (nSPS) is 19.6. The molecule has 4 heterocycles. The Bertz CT molecular complexity index is 4820. The van der Waals surface area contributed by atoms with Crippen LogP contribution in [0.2, 0.25) is 101 Å². The maximum atomic E-state index is 12.6. The van der Waals surface area contributed by atoms with Gasteiger partial charge in [0.05, 0.1) is 116 Å². The molecule has 8 aromatic carbocycles. The summed E-state index contributed by atoms with van der Waals surface area (Å²) in [5, 5.41) is 86.3. The van der Waals surface area contributed by atoms with Gasteiger partial charge in [-0.2, -0.15) is 0 Å². The van der Waals surface area contributed by atoms with Gasteiger partial charge in [0.15, 0.2) is 0 Å². The van der Waals surface area contributed by atoms with E-state index in [9.17, 15) is 119 Å². The number of non-ortho nitro benzene ring substituents is 8. The summed E-state index contributed by atoms with van der Waals surface area (Å²) in [4.78, 5) is 183. The van der Waals surface area contributed by atoms with E-state index in [4.69, 9.17) is 37.9 Å². The number of carbonyl (C=O) groups excluding carboxylic acids is 8. The predicted molar refractivity (Wildman–Crippen MR) is 465 cm³/mol. The molecule has 0 amide bonds. The van der Waals surface area contributed by atoms with Crippen molar-refractivity contribution in [2.45, 2.75) is 175 Å². The van der Waals surface area contributed by atoms with Crippen LogP contribution < -0.4 is 0 Å². The maximum Gasteiger partial charge on any atom is 0.338 e. The molecule has 0 N–H and O–H groups in total. The SMILES string of the molecule is C[Si]1(C)CC[C@@H](OC(=O)c2ccc([N+](=O)[O-])cc2)[C@@H](OC(=O)c2ccc([N+](=O)[O-])cc2)C1.C[Si]1(C)CC[C@@H](OC(=O)c2ccc([N+](=O)[O-])cc2)[C@@H](OC(=O)c2ccc([N+](=O)[O-])cc2)C1.C[Si]1(C)CC[C@@H](OC(=O)c2ccc([N+](=O)[O-])cc2)[C@@H](OC(=O)c2ccc([N+](=O)[O-])cc2)C1.C[Si]1(C)CC[C@H](OC(=O)c2ccc([N+](=O)[O-])cc2)[C@H](OC(=O)c2ccc([N+](=O)[O-])cc2)C1. The Balaban J connectivity index is 0.000000193. The van der Waals surface area contributed by atoms with E-state index in [1.165, 1.54) is 194 Å². The topological polar surface area (TPSA) is 556 Å². The molecular weight excluding hydrogens is 1750 g/mol. The summed E-state index contributed by atoms with van der Waals surface area (Å²) in [5.74, 6) is -5.18. The molecule has 0 aliphatic carbocycles. The number of esters is 8. The smallest absolute Gasteiger partial charge is 0.338 e. The van der Waals surface area contributed by atoms with Crippen molar-refractivity contribution in [3.8, 4) is 0 Å². The Hall–Kier alpha value is -14.4. The molecule has 4 aliphatic heterocycles. The molecule has 672 valence electrons. The Labute approximate surface area is 732 Å². The van der Waals surface area contributed by atoms with Crippen molar-refractivity contribution in [2.24, 2.45) is 0 Å². The van der Waals surface area contributed by atoms with E-state index in [0.29, 0.717) is 49.9 Å². The van der Waals surface area contributed by atoms with Crippen LogP contribution in [0.15, 0.2) is 194 Å². The minimum Gasteiger partial charge on any atom is -0.455 e. The minimum atomic E-state index is -1.67. The van der Waals surface area contributed by atoms with Gasteiger partial charge in [-0.25, -0.2) is 38.4 Å². The Morgan fingerprint density at radius 1 is 0.203 bits per heavy atom. The number of rotatable bonds is 24. The van der Waals surface area contributed by atoms with Crippen LogP contribution in [0.1, 0.15) is 109 Å². The standard InChI is InChI=1S/4C21H22N2O8Si/c4*1-32(2)12-11-18(30-20(24)14-3-7-16(8-4-14)22(26)27)19(13-32)31-21(25)15-5-9-17(10-6-15)23(28)29/h4*3-10,18-19H,11-13H2,1-2H3/t4*18-,19+/m1110/s1. The van der Waals surface area contributed by atoms with E-state index in [2.05, 4.69) is 52.4 Å². The Morgan fingerprint density at radius 2 is 0.305 bits per heavy atom. The van der Waals surface area contributed by atoms with Gasteiger partial charge in [0.2, 0.25) is 0 Å². The molecule has 0 unspecified atom stereocenters. The van der Waals surface area contributed by atoms with Crippen molar-refractivity contribution < 1.29 is 116 Å². The molecule has 0 aromatic heterocycles. The van der Waals surface area contributed by atoms with Gasteiger partial charge in [0.25, 0.3) is 45.5 Å². The maximum absolute atomic E-state index is 12.6. The largest absolute Gasteiger partial charge is 0.455 e. The summed E-state index contributed by atoms with van der Waals surface area (Å²) in [6, 6.07) is 46.7. The zero-order chi connectivity index (χ0) is 93.9. The third kappa shape index (κ3) is 27.8. The van der Waals surface area contributed by atoms with Crippen molar-refractivity contribution in [3.05, 3.63) is 320 Å². The average Bonchev–Trinajstić information content (AvgIpc) is 0.820. The van der Waals surface area contributed by atoms with Crippen LogP contribution in [-0.4, -0.2) is 168 Å². The third-order valence-corrected chi connectivity index (χ3v) is 34.3. The molecule has 4 saturated heterocycles. The van der Waals surface area contributed by atoms with Crippen molar-refractivity contribution in [1.82, 2.24) is 0 Å². The lowest BCUT2D eigenvalue weighted by molar-refractivity contribution is -0.385. The van der Waals surface area contributed by atoms with Crippen molar-refractivity contribution in [3.63, 3.8) is 0 Å². The lowest BCUT2D eigenvalue weighted by Crippen LogP contribution is -2.47. The second kappa shape index (κ2) is 42.5. The van der Waals surface area contributed by atoms with Crippen molar-refractivity contribution >= 4 is 126 Å². The first-order valence-corrected chi connectivity index (χ1v) is 53.5. The number of nitrogens with zero attached hydrogens (tertiary/aromatic N) is 8. The van der Waals surface area contributed by atoms with Crippen LogP contribution in [0.25, 0.3) is 0 Å². The van der Waals surface area contributed by atoms with Crippen LogP contribution in [-0.2, 0) is 37.9 Å². The van der Waals surface area contributed by atoms with Crippen LogP contribution in [0.3, 0.4) is 0 Å². The summed E-state index contributed by atoms with van der Waals surface area (Å²) < 4.78 is 45.2. The van der Waals surface area contributed by atoms with Gasteiger partial charge >= 0.3 is 47.8 Å². The highest BCUT2D eigenvalue weighted by molar-refractivity contribution is 6.79. The Kier molecular flexibility index (Phi) is 32.3. The lowest BCUT2D eigenvalue weighted by Gasteiger charge is -2.38. The molecule has 4 aliphatic rings. The summed E-state index contributed by atoms with van der Waals surface area (Å²) >= 11 is 0. The molecular formula is C84H88N8O32Si4. The number of benzene rings is 8. The van der Waals surface area contributed by atoms with Gasteiger partial charge in [-0.1, -0.05) is 76.6 Å².